The molecular weight excluding hydrogens is 1060 g/mol. The number of nitrogens with one attached hydrogen (secondary N) is 6. The van der Waals surface area contributed by atoms with E-state index in [1.165, 1.54) is 18.2 Å². The number of amides is 5. The van der Waals surface area contributed by atoms with Gasteiger partial charge in [0.2, 0.25) is 29.5 Å². The summed E-state index contributed by atoms with van der Waals surface area (Å²) in [5.41, 5.74) is 10.0. The predicted octanol–water partition coefficient (Wildman–Crippen LogP) is 3.95. The van der Waals surface area contributed by atoms with Crippen molar-refractivity contribution in [1.29, 1.82) is 0 Å². The van der Waals surface area contributed by atoms with E-state index in [0.29, 0.717) is 55.7 Å². The zero-order chi connectivity index (χ0) is 58.4. The number of ether oxygens (including phenoxy) is 2. The van der Waals surface area contributed by atoms with Crippen LogP contribution >= 0.6 is 0 Å². The standard InChI is InChI=1S/C61H77F3N10O8/c1-35-29-73(43(28-68-35)30-72-21-23-82-32-36(72)2)31-51(75)74-34-61(4,47-17-12-39(25-50(47)74)24-38-10-14-42(62)15-11-38)19-7-20-67-60(80)52(57(65)77)40-13-16-44-41(26-40)27-69-53(44)56(76)54(70-58(78)37(3)66-5)45-18-22-81-33-46(45)59(79)71-55-48(63)8-6-9-49(55)64/h6,8-17,25-26,35-37,43,45-46,52-54,66,68-69H,7,18-24,27-34H2,1-5H3,(H2,65,77)(H,67,80)(H,70,78)(H,71,79)/t35-,36-,37?,43-,45?,46?,52?,53?,54?,61?/m1/s1. The second-order valence-corrected chi connectivity index (χ2v) is 23.1. The van der Waals surface area contributed by atoms with E-state index in [9.17, 15) is 41.9 Å². The van der Waals surface area contributed by atoms with E-state index < -0.39 is 88.0 Å². The van der Waals surface area contributed by atoms with Crippen LogP contribution in [0.15, 0.2) is 78.9 Å². The number of nitrogens with zero attached hydrogens (tertiary/aromatic N) is 3. The van der Waals surface area contributed by atoms with Gasteiger partial charge in [0, 0.05) is 87.6 Å². The van der Waals surface area contributed by atoms with E-state index in [2.05, 4.69) is 80.7 Å². The highest BCUT2D eigenvalue weighted by atomic mass is 19.1. The Labute approximate surface area is 477 Å². The van der Waals surface area contributed by atoms with E-state index in [-0.39, 0.29) is 69.1 Å². The lowest BCUT2D eigenvalue weighted by Crippen LogP contribution is -2.62. The zero-order valence-corrected chi connectivity index (χ0v) is 47.3. The molecule has 0 aromatic heterocycles. The minimum Gasteiger partial charge on any atom is -0.381 e. The number of benzene rings is 4. The number of likely N-dealkylation sites (N-methyl/N-ethyl adjacent to an activating group) is 1. The Morgan fingerprint density at radius 3 is 2.35 bits per heavy atom. The van der Waals surface area contributed by atoms with Crippen LogP contribution in [-0.2, 0) is 56.6 Å². The molecule has 0 aliphatic carbocycles. The third kappa shape index (κ3) is 13.6. The highest BCUT2D eigenvalue weighted by molar-refractivity contribution is 6.05. The largest absolute Gasteiger partial charge is 0.381 e. The summed E-state index contributed by atoms with van der Waals surface area (Å²) in [6.45, 7) is 13.5. The van der Waals surface area contributed by atoms with Crippen molar-refractivity contribution < 1.29 is 51.4 Å². The molecule has 8 N–H and O–H groups in total. The molecule has 18 nitrogen and oxygen atoms in total. The Morgan fingerprint density at radius 1 is 0.878 bits per heavy atom. The van der Waals surface area contributed by atoms with Crippen LogP contribution in [0, 0.1) is 29.3 Å². The number of morpholine rings is 1. The maximum atomic E-state index is 14.8. The number of fused-ring (bicyclic) bond motifs is 2. The molecule has 5 aliphatic rings. The number of piperazine rings is 1. The van der Waals surface area contributed by atoms with E-state index in [1.54, 1.807) is 44.3 Å². The number of primary amides is 1. The minimum absolute atomic E-state index is 0.00393. The van der Waals surface area contributed by atoms with Crippen molar-refractivity contribution in [1.82, 2.24) is 36.4 Å². The van der Waals surface area contributed by atoms with Crippen LogP contribution < -0.4 is 42.5 Å². The number of anilines is 2. The molecule has 82 heavy (non-hydrogen) atoms. The second-order valence-electron chi connectivity index (χ2n) is 23.1. The van der Waals surface area contributed by atoms with Crippen molar-refractivity contribution in [2.75, 3.05) is 89.5 Å². The first kappa shape index (κ1) is 60.0. The SMILES string of the molecule is CNC(C)C(=O)NC(C(=O)C1NCc2cc(C(C(N)=O)C(=O)NCCCC3(C)CN(C(=O)CN4C[C@@H](C)NC[C@@H]4CN4CCOC[C@H]4C)c4cc(Cc5ccc(F)cc5)ccc43)ccc21)C1CCOCC1C(=O)Nc1c(F)cccc1F. The third-order valence-electron chi connectivity index (χ3n) is 17.3. The molecule has 4 aromatic rings. The lowest BCUT2D eigenvalue weighted by atomic mass is 9.78. The number of Topliss-reactive ketones (excluding diaryl/α,β-unsaturated/α-hetero) is 1. The van der Waals surface area contributed by atoms with Crippen LogP contribution in [0.1, 0.15) is 92.3 Å². The quantitative estimate of drug-likeness (QED) is 0.0464. The van der Waals surface area contributed by atoms with Gasteiger partial charge in [-0.15, -0.1) is 0 Å². The van der Waals surface area contributed by atoms with Crippen LogP contribution in [0.4, 0.5) is 24.5 Å². The molecule has 4 aromatic carbocycles. The van der Waals surface area contributed by atoms with Gasteiger partial charge in [0.25, 0.3) is 0 Å². The molecule has 5 heterocycles. The summed E-state index contributed by atoms with van der Waals surface area (Å²) in [4.78, 5) is 90.7. The molecule has 0 bridgehead atoms. The van der Waals surface area contributed by atoms with E-state index in [4.69, 9.17) is 15.2 Å². The molecule has 0 spiro atoms. The average molecular weight is 1140 g/mol. The molecule has 0 saturated carbocycles. The summed E-state index contributed by atoms with van der Waals surface area (Å²) < 4.78 is 54.6. The fourth-order valence-corrected chi connectivity index (χ4v) is 12.5. The number of hydrogen-bond donors (Lipinski definition) is 7. The minimum atomic E-state index is -1.38. The summed E-state index contributed by atoms with van der Waals surface area (Å²) in [6, 6.07) is 18.3. The molecule has 5 aliphatic heterocycles. The van der Waals surface area contributed by atoms with E-state index in [0.717, 1.165) is 60.7 Å². The van der Waals surface area contributed by atoms with Gasteiger partial charge in [-0.3, -0.25) is 43.9 Å². The van der Waals surface area contributed by atoms with Crippen molar-refractivity contribution in [3.8, 4) is 0 Å². The number of nitrogens with two attached hydrogens (primary N) is 1. The highest BCUT2D eigenvalue weighted by Gasteiger charge is 2.46. The van der Waals surface area contributed by atoms with Gasteiger partial charge in [-0.2, -0.15) is 0 Å². The van der Waals surface area contributed by atoms with Crippen LogP contribution in [0.5, 0.6) is 0 Å². The van der Waals surface area contributed by atoms with E-state index in [1.807, 2.05) is 4.90 Å². The lowest BCUT2D eigenvalue weighted by molar-refractivity contribution is -0.137. The molecule has 3 saturated heterocycles. The monoisotopic (exact) mass is 1130 g/mol. The third-order valence-corrected chi connectivity index (χ3v) is 17.3. The van der Waals surface area contributed by atoms with Crippen molar-refractivity contribution in [3.63, 3.8) is 0 Å². The van der Waals surface area contributed by atoms with Crippen LogP contribution in [0.3, 0.4) is 0 Å². The summed E-state index contributed by atoms with van der Waals surface area (Å²) in [5, 5.41) is 17.8. The van der Waals surface area contributed by atoms with Gasteiger partial charge in [-0.25, -0.2) is 13.2 Å². The number of hydrogen-bond acceptors (Lipinski definition) is 13. The average Bonchev–Trinajstić information content (AvgIpc) is 4.21. The predicted molar refractivity (Wildman–Crippen MR) is 303 cm³/mol. The number of carbonyl (C=O) groups is 6. The Kier molecular flexibility index (Phi) is 19.3. The molecule has 7 unspecified atom stereocenters. The van der Waals surface area contributed by atoms with Gasteiger partial charge in [0.15, 0.2) is 5.78 Å². The second kappa shape index (κ2) is 26.3. The van der Waals surface area contributed by atoms with Gasteiger partial charge in [0.05, 0.1) is 50.4 Å². The summed E-state index contributed by atoms with van der Waals surface area (Å²) in [7, 11) is 1.58. The number of carbonyl (C=O) groups excluding carboxylic acids is 6. The maximum Gasteiger partial charge on any atom is 0.241 e. The van der Waals surface area contributed by atoms with E-state index >= 15 is 0 Å². The lowest BCUT2D eigenvalue weighted by Gasteiger charge is -2.43. The normalized spacial score (nSPS) is 24.9. The molecule has 10 atom stereocenters. The molecule has 440 valence electrons. The summed E-state index contributed by atoms with van der Waals surface area (Å²) in [5.74, 6) is -8.83. The topological polar surface area (TPSA) is 229 Å². The van der Waals surface area contributed by atoms with Crippen molar-refractivity contribution in [3.05, 3.63) is 130 Å². The zero-order valence-electron chi connectivity index (χ0n) is 47.3. The van der Waals surface area contributed by atoms with Gasteiger partial charge in [0.1, 0.15) is 29.1 Å². The maximum absolute atomic E-state index is 14.8. The van der Waals surface area contributed by atoms with Crippen LogP contribution in [0.25, 0.3) is 0 Å². The Bertz CT molecular complexity index is 2990. The van der Waals surface area contributed by atoms with Gasteiger partial charge in [-0.1, -0.05) is 55.5 Å². The summed E-state index contributed by atoms with van der Waals surface area (Å²) in [6.07, 6.45) is 1.80. The number of para-hydroxylation sites is 1. The molecular formula is C61H77F3N10O8. The van der Waals surface area contributed by atoms with Crippen LogP contribution in [0.2, 0.25) is 0 Å². The Hall–Kier alpha value is -6.59. The first-order valence-electron chi connectivity index (χ1n) is 28.6. The smallest absolute Gasteiger partial charge is 0.241 e. The summed E-state index contributed by atoms with van der Waals surface area (Å²) >= 11 is 0. The number of ketones is 1. The van der Waals surface area contributed by atoms with Gasteiger partial charge in [-0.05, 0) is 117 Å². The fraction of sp³-hybridized carbons (Fsp3) is 0.508. The molecule has 3 fully saturated rings. The first-order chi connectivity index (χ1) is 39.3. The van der Waals surface area contributed by atoms with Crippen molar-refractivity contribution >= 4 is 46.7 Å². The van der Waals surface area contributed by atoms with Crippen molar-refractivity contribution in [2.45, 2.75) is 108 Å². The molecule has 21 heteroatoms. The van der Waals surface area contributed by atoms with Crippen LogP contribution in [-0.4, -0.2) is 155 Å². The first-order valence-corrected chi connectivity index (χ1v) is 28.6. The Balaban J connectivity index is 0.878. The highest BCUT2D eigenvalue weighted by Crippen LogP contribution is 2.45. The van der Waals surface area contributed by atoms with Crippen molar-refractivity contribution in [2.24, 2.45) is 17.6 Å². The van der Waals surface area contributed by atoms with Gasteiger partial charge < -0.3 is 46.7 Å². The number of rotatable bonds is 21. The Morgan fingerprint density at radius 2 is 1.62 bits per heavy atom. The van der Waals surface area contributed by atoms with Gasteiger partial charge >= 0.3 is 0 Å². The molecule has 9 rings (SSSR count). The number of halogens is 3. The molecule has 0 radical (unpaired) electrons. The molecule has 5 amide bonds. The fourth-order valence-electron chi connectivity index (χ4n) is 12.5.